The number of anilines is 1. The number of carbonyl (C=O) groups excluding carboxylic acids is 1. The second-order valence-electron chi connectivity index (χ2n) is 5.67. The summed E-state index contributed by atoms with van der Waals surface area (Å²) in [6.07, 6.45) is 1.05. The molecule has 5 heteroatoms. The summed E-state index contributed by atoms with van der Waals surface area (Å²) in [5.74, 6) is 1.22. The van der Waals surface area contributed by atoms with Gasteiger partial charge < -0.3 is 20.5 Å². The maximum Gasteiger partial charge on any atom is 0.244 e. The van der Waals surface area contributed by atoms with Gasteiger partial charge in [0.2, 0.25) is 5.91 Å². The minimum atomic E-state index is -0.867. The Hall–Kier alpha value is -2.37. The topological polar surface area (TPSA) is 73.6 Å². The third-order valence-corrected chi connectivity index (χ3v) is 3.91. The molecule has 1 amide bonds. The minimum absolute atomic E-state index is 0.183. The van der Waals surface area contributed by atoms with Crippen LogP contribution in [0.4, 0.5) is 5.69 Å². The van der Waals surface area contributed by atoms with E-state index < -0.39 is 5.54 Å². The van der Waals surface area contributed by atoms with E-state index in [2.05, 4.69) is 5.32 Å². The molecule has 1 saturated heterocycles. The first-order valence-corrected chi connectivity index (χ1v) is 7.67. The molecule has 23 heavy (non-hydrogen) atoms. The molecule has 1 heterocycles. The van der Waals surface area contributed by atoms with E-state index in [0.29, 0.717) is 37.5 Å². The van der Waals surface area contributed by atoms with Crippen LogP contribution in [0.5, 0.6) is 11.5 Å². The zero-order valence-electron chi connectivity index (χ0n) is 12.8. The Kier molecular flexibility index (Phi) is 4.60. The second kappa shape index (κ2) is 6.81. The predicted octanol–water partition coefficient (Wildman–Crippen LogP) is 2.93. The zero-order valence-corrected chi connectivity index (χ0v) is 12.8. The summed E-state index contributed by atoms with van der Waals surface area (Å²) >= 11 is 0. The lowest BCUT2D eigenvalue weighted by atomic mass is 9.90. The van der Waals surface area contributed by atoms with Crippen LogP contribution in [0.15, 0.2) is 54.6 Å². The van der Waals surface area contributed by atoms with Crippen LogP contribution in [-0.4, -0.2) is 24.7 Å². The minimum Gasteiger partial charge on any atom is -0.457 e. The third kappa shape index (κ3) is 3.88. The van der Waals surface area contributed by atoms with E-state index in [4.69, 9.17) is 15.2 Å². The van der Waals surface area contributed by atoms with Crippen LogP contribution < -0.4 is 15.8 Å². The normalized spacial score (nSPS) is 16.6. The van der Waals surface area contributed by atoms with Gasteiger partial charge in [0.15, 0.2) is 0 Å². The van der Waals surface area contributed by atoms with E-state index in [0.717, 1.165) is 5.75 Å². The van der Waals surface area contributed by atoms with E-state index in [1.165, 1.54) is 0 Å². The van der Waals surface area contributed by atoms with Crippen molar-refractivity contribution >= 4 is 11.6 Å². The lowest BCUT2D eigenvalue weighted by Crippen LogP contribution is -2.54. The van der Waals surface area contributed by atoms with Gasteiger partial charge in [-0.1, -0.05) is 24.3 Å². The molecule has 0 saturated carbocycles. The quantitative estimate of drug-likeness (QED) is 0.910. The van der Waals surface area contributed by atoms with Gasteiger partial charge in [-0.25, -0.2) is 0 Å². The first kappa shape index (κ1) is 15.5. The molecular weight excluding hydrogens is 292 g/mol. The average Bonchev–Trinajstić information content (AvgIpc) is 2.57. The number of nitrogens with one attached hydrogen (secondary N) is 1. The maximum atomic E-state index is 12.4. The first-order valence-electron chi connectivity index (χ1n) is 7.67. The number of hydrogen-bond donors (Lipinski definition) is 2. The number of hydrogen-bond acceptors (Lipinski definition) is 4. The summed E-state index contributed by atoms with van der Waals surface area (Å²) in [4.78, 5) is 12.4. The van der Waals surface area contributed by atoms with Crippen LogP contribution >= 0.6 is 0 Å². The Morgan fingerprint density at radius 3 is 2.48 bits per heavy atom. The molecular formula is C18H20N2O3. The van der Waals surface area contributed by atoms with Gasteiger partial charge in [0, 0.05) is 25.0 Å². The Bertz CT molecular complexity index is 667. The summed E-state index contributed by atoms with van der Waals surface area (Å²) in [5.41, 5.74) is 5.99. The number of rotatable bonds is 4. The van der Waals surface area contributed by atoms with Gasteiger partial charge in [0.1, 0.15) is 17.0 Å². The van der Waals surface area contributed by atoms with Crippen molar-refractivity contribution in [1.82, 2.24) is 0 Å². The highest BCUT2D eigenvalue weighted by atomic mass is 16.5. The highest BCUT2D eigenvalue weighted by Crippen LogP contribution is 2.25. The molecule has 120 valence electrons. The Morgan fingerprint density at radius 1 is 1.04 bits per heavy atom. The molecule has 5 nitrogen and oxygen atoms in total. The predicted molar refractivity (Wildman–Crippen MR) is 88.6 cm³/mol. The highest BCUT2D eigenvalue weighted by Gasteiger charge is 2.35. The molecule has 3 rings (SSSR count). The van der Waals surface area contributed by atoms with Crippen LogP contribution in [0.1, 0.15) is 12.8 Å². The van der Waals surface area contributed by atoms with Crippen molar-refractivity contribution in [2.75, 3.05) is 18.5 Å². The van der Waals surface area contributed by atoms with Crippen LogP contribution in [-0.2, 0) is 9.53 Å². The smallest absolute Gasteiger partial charge is 0.244 e. The summed E-state index contributed by atoms with van der Waals surface area (Å²) in [6, 6.07) is 16.8. The monoisotopic (exact) mass is 312 g/mol. The number of benzene rings is 2. The molecule has 0 atom stereocenters. The van der Waals surface area contributed by atoms with Crippen molar-refractivity contribution < 1.29 is 14.3 Å². The molecule has 1 fully saturated rings. The van der Waals surface area contributed by atoms with Crippen molar-refractivity contribution in [1.29, 1.82) is 0 Å². The largest absolute Gasteiger partial charge is 0.457 e. The molecule has 1 aliphatic rings. The fraction of sp³-hybridized carbons (Fsp3) is 0.278. The fourth-order valence-electron chi connectivity index (χ4n) is 2.48. The molecule has 0 unspecified atom stereocenters. The Morgan fingerprint density at radius 2 is 1.74 bits per heavy atom. The lowest BCUT2D eigenvalue weighted by Gasteiger charge is -2.31. The number of para-hydroxylation sites is 1. The first-order chi connectivity index (χ1) is 11.2. The molecule has 0 aliphatic carbocycles. The van der Waals surface area contributed by atoms with Crippen molar-refractivity contribution in [3.05, 3.63) is 54.6 Å². The van der Waals surface area contributed by atoms with Crippen LogP contribution in [0.2, 0.25) is 0 Å². The van der Waals surface area contributed by atoms with Crippen LogP contribution in [0.3, 0.4) is 0 Å². The average molecular weight is 312 g/mol. The van der Waals surface area contributed by atoms with Crippen LogP contribution in [0, 0.1) is 0 Å². The lowest BCUT2D eigenvalue weighted by molar-refractivity contribution is -0.124. The SMILES string of the molecule is NC1(C(=O)Nc2cccc(Oc3ccccc3)c2)CCOCC1. The van der Waals surface area contributed by atoms with Crippen molar-refractivity contribution in [2.45, 2.75) is 18.4 Å². The van der Waals surface area contributed by atoms with Gasteiger partial charge in [-0.15, -0.1) is 0 Å². The molecule has 0 radical (unpaired) electrons. The summed E-state index contributed by atoms with van der Waals surface area (Å²) in [5, 5.41) is 2.88. The van der Waals surface area contributed by atoms with Crippen molar-refractivity contribution in [3.8, 4) is 11.5 Å². The van der Waals surface area contributed by atoms with E-state index >= 15 is 0 Å². The number of carbonyl (C=O) groups is 1. The van der Waals surface area contributed by atoms with Gasteiger partial charge >= 0.3 is 0 Å². The van der Waals surface area contributed by atoms with E-state index in [1.807, 2.05) is 48.5 Å². The fourth-order valence-corrected chi connectivity index (χ4v) is 2.48. The summed E-state index contributed by atoms with van der Waals surface area (Å²) in [7, 11) is 0. The van der Waals surface area contributed by atoms with Gasteiger partial charge in [0.05, 0.1) is 0 Å². The Balaban J connectivity index is 1.69. The van der Waals surface area contributed by atoms with E-state index in [9.17, 15) is 4.79 Å². The van der Waals surface area contributed by atoms with Crippen molar-refractivity contribution in [3.63, 3.8) is 0 Å². The third-order valence-electron chi connectivity index (χ3n) is 3.91. The Labute approximate surface area is 135 Å². The molecule has 2 aromatic rings. The molecule has 0 aromatic heterocycles. The van der Waals surface area contributed by atoms with Gasteiger partial charge in [-0.3, -0.25) is 4.79 Å². The molecule has 2 aromatic carbocycles. The number of amides is 1. The van der Waals surface area contributed by atoms with Crippen molar-refractivity contribution in [2.24, 2.45) is 5.73 Å². The molecule has 3 N–H and O–H groups in total. The van der Waals surface area contributed by atoms with Crippen LogP contribution in [0.25, 0.3) is 0 Å². The standard InChI is InChI=1S/C18H20N2O3/c19-18(9-11-22-12-10-18)17(21)20-14-5-4-8-16(13-14)23-15-6-2-1-3-7-15/h1-8,13H,9-12,19H2,(H,20,21). The van der Waals surface area contributed by atoms with Gasteiger partial charge in [0.25, 0.3) is 0 Å². The van der Waals surface area contributed by atoms with Gasteiger partial charge in [-0.2, -0.15) is 0 Å². The molecule has 0 bridgehead atoms. The van der Waals surface area contributed by atoms with E-state index in [1.54, 1.807) is 6.07 Å². The van der Waals surface area contributed by atoms with E-state index in [-0.39, 0.29) is 5.91 Å². The number of ether oxygens (including phenoxy) is 2. The molecule has 1 aliphatic heterocycles. The molecule has 0 spiro atoms. The summed E-state index contributed by atoms with van der Waals surface area (Å²) in [6.45, 7) is 1.03. The highest BCUT2D eigenvalue weighted by molar-refractivity contribution is 5.98. The number of nitrogens with two attached hydrogens (primary N) is 1. The van der Waals surface area contributed by atoms with Gasteiger partial charge in [-0.05, 0) is 37.1 Å². The second-order valence-corrected chi connectivity index (χ2v) is 5.67. The summed E-state index contributed by atoms with van der Waals surface area (Å²) < 4.78 is 11.0. The zero-order chi connectivity index (χ0) is 16.1. The maximum absolute atomic E-state index is 12.4.